The molecule has 1 unspecified atom stereocenters. The van der Waals surface area contributed by atoms with Crippen LogP contribution >= 0.6 is 11.3 Å². The van der Waals surface area contributed by atoms with Crippen LogP contribution in [0, 0.1) is 11.8 Å². The van der Waals surface area contributed by atoms with E-state index in [1.807, 2.05) is 0 Å². The lowest BCUT2D eigenvalue weighted by atomic mass is 10.2. The summed E-state index contributed by atoms with van der Waals surface area (Å²) < 4.78 is 5.03. The average molecular weight is 306 g/mol. The van der Waals surface area contributed by atoms with Gasteiger partial charge in [0, 0.05) is 11.9 Å². The van der Waals surface area contributed by atoms with E-state index in [2.05, 4.69) is 11.8 Å². The van der Waals surface area contributed by atoms with Crippen LogP contribution in [-0.2, 0) is 9.53 Å². The van der Waals surface area contributed by atoms with Crippen molar-refractivity contribution in [3.8, 4) is 11.8 Å². The highest BCUT2D eigenvalue weighted by Crippen LogP contribution is 2.23. The van der Waals surface area contributed by atoms with Crippen LogP contribution in [0.1, 0.15) is 35.0 Å². The molecule has 1 aromatic rings. The second-order valence-electron chi connectivity index (χ2n) is 4.61. The Labute approximate surface area is 128 Å². The van der Waals surface area contributed by atoms with Crippen LogP contribution in [0.3, 0.4) is 0 Å². The molecule has 1 aliphatic rings. The van der Waals surface area contributed by atoms with Crippen molar-refractivity contribution in [1.29, 1.82) is 0 Å². The number of rotatable bonds is 3. The van der Waals surface area contributed by atoms with Crippen LogP contribution in [0.2, 0.25) is 0 Å². The predicted molar refractivity (Wildman–Crippen MR) is 80.9 cm³/mol. The van der Waals surface area contributed by atoms with Crippen molar-refractivity contribution in [1.82, 2.24) is 4.90 Å². The van der Waals surface area contributed by atoms with Crippen molar-refractivity contribution in [2.75, 3.05) is 19.7 Å². The van der Waals surface area contributed by atoms with Gasteiger partial charge in [-0.3, -0.25) is 4.79 Å². The molecule has 5 nitrogen and oxygen atoms in total. The van der Waals surface area contributed by atoms with Crippen molar-refractivity contribution < 1.29 is 14.3 Å². The van der Waals surface area contributed by atoms with Gasteiger partial charge in [0.25, 0.3) is 5.91 Å². The Morgan fingerprint density at radius 3 is 3.10 bits per heavy atom. The maximum Gasteiger partial charge on any atom is 0.328 e. The minimum Gasteiger partial charge on any atom is -0.464 e. The summed E-state index contributed by atoms with van der Waals surface area (Å²) in [6.45, 7) is 2.97. The highest BCUT2D eigenvalue weighted by molar-refractivity contribution is 7.10. The molecule has 0 radical (unpaired) electrons. The number of hydrogen-bond donors (Lipinski definition) is 1. The summed E-state index contributed by atoms with van der Waals surface area (Å²) >= 11 is 1.40. The number of carbonyl (C=O) groups excluding carboxylic acids is 2. The molecule has 6 heteroatoms. The van der Waals surface area contributed by atoms with Gasteiger partial charge in [0.2, 0.25) is 0 Å². The second kappa shape index (κ2) is 7.25. The summed E-state index contributed by atoms with van der Waals surface area (Å²) in [5.74, 6) is 5.21. The Kier molecular flexibility index (Phi) is 5.37. The standard InChI is InChI=1S/C15H18N2O3S/c1-2-20-15(19)13-6-4-8-17(13)14(18)11-9-12(21-10-11)5-3-7-16/h9-10,13H,2,4,6-8,16H2,1H3. The first-order chi connectivity index (χ1) is 10.2. The Bertz CT molecular complexity index is 585. The van der Waals surface area contributed by atoms with E-state index in [4.69, 9.17) is 10.5 Å². The van der Waals surface area contributed by atoms with Gasteiger partial charge in [0.1, 0.15) is 6.04 Å². The van der Waals surface area contributed by atoms with Crippen molar-refractivity contribution in [2.24, 2.45) is 5.73 Å². The molecule has 2 rings (SSSR count). The lowest BCUT2D eigenvalue weighted by Crippen LogP contribution is -2.41. The quantitative estimate of drug-likeness (QED) is 0.673. The molecule has 21 heavy (non-hydrogen) atoms. The fourth-order valence-corrected chi connectivity index (χ4v) is 3.06. The number of likely N-dealkylation sites (tertiary alicyclic amines) is 1. The summed E-state index contributed by atoms with van der Waals surface area (Å²) in [6.07, 6.45) is 1.48. The first-order valence-electron chi connectivity index (χ1n) is 6.92. The summed E-state index contributed by atoms with van der Waals surface area (Å²) in [6, 6.07) is 1.28. The fourth-order valence-electron chi connectivity index (χ4n) is 2.31. The first-order valence-corrected chi connectivity index (χ1v) is 7.80. The fraction of sp³-hybridized carbons (Fsp3) is 0.467. The van der Waals surface area contributed by atoms with Gasteiger partial charge in [0.05, 0.1) is 23.6 Å². The Morgan fingerprint density at radius 1 is 1.57 bits per heavy atom. The predicted octanol–water partition coefficient (Wildman–Crippen LogP) is 1.23. The second-order valence-corrected chi connectivity index (χ2v) is 5.53. The largest absolute Gasteiger partial charge is 0.464 e. The van der Waals surface area contributed by atoms with Gasteiger partial charge in [-0.2, -0.15) is 0 Å². The SMILES string of the molecule is CCOC(=O)C1CCCN1C(=O)c1csc(C#CCN)c1. The number of nitrogens with zero attached hydrogens (tertiary/aromatic N) is 1. The molecule has 1 aliphatic heterocycles. The Balaban J connectivity index is 2.11. The number of hydrogen-bond acceptors (Lipinski definition) is 5. The molecule has 0 spiro atoms. The van der Waals surface area contributed by atoms with Crippen molar-refractivity contribution >= 4 is 23.2 Å². The molecule has 1 amide bonds. The van der Waals surface area contributed by atoms with Crippen LogP contribution in [0.4, 0.5) is 0 Å². The van der Waals surface area contributed by atoms with Crippen LogP contribution in [0.15, 0.2) is 11.4 Å². The van der Waals surface area contributed by atoms with Gasteiger partial charge in [-0.15, -0.1) is 11.3 Å². The molecule has 112 valence electrons. The maximum absolute atomic E-state index is 12.5. The normalized spacial score (nSPS) is 17.2. The third-order valence-electron chi connectivity index (χ3n) is 3.23. The minimum atomic E-state index is -0.462. The average Bonchev–Trinajstić information content (AvgIpc) is 3.13. The third-order valence-corrected chi connectivity index (χ3v) is 4.08. The van der Waals surface area contributed by atoms with E-state index >= 15 is 0 Å². The molecule has 2 N–H and O–H groups in total. The molecule has 0 bridgehead atoms. The van der Waals surface area contributed by atoms with Crippen LogP contribution in [-0.4, -0.2) is 42.5 Å². The summed E-state index contributed by atoms with van der Waals surface area (Å²) in [5.41, 5.74) is 5.89. The molecule has 1 fully saturated rings. The Morgan fingerprint density at radius 2 is 2.38 bits per heavy atom. The van der Waals surface area contributed by atoms with Gasteiger partial charge in [0.15, 0.2) is 0 Å². The lowest BCUT2D eigenvalue weighted by Gasteiger charge is -2.22. The molecule has 0 saturated carbocycles. The molecule has 2 heterocycles. The number of carbonyl (C=O) groups is 2. The van der Waals surface area contributed by atoms with Crippen LogP contribution in [0.25, 0.3) is 0 Å². The minimum absolute atomic E-state index is 0.136. The van der Waals surface area contributed by atoms with Crippen LogP contribution < -0.4 is 5.73 Å². The van der Waals surface area contributed by atoms with Crippen LogP contribution in [0.5, 0.6) is 0 Å². The van der Waals surface area contributed by atoms with E-state index in [1.54, 1.807) is 23.3 Å². The van der Waals surface area contributed by atoms with E-state index < -0.39 is 6.04 Å². The van der Waals surface area contributed by atoms with Crippen molar-refractivity contribution in [3.63, 3.8) is 0 Å². The highest BCUT2D eigenvalue weighted by Gasteiger charge is 2.35. The number of thiophene rings is 1. The first kappa shape index (κ1) is 15.5. The smallest absolute Gasteiger partial charge is 0.328 e. The van der Waals surface area contributed by atoms with Crippen molar-refractivity contribution in [2.45, 2.75) is 25.8 Å². The molecular formula is C15H18N2O3S. The van der Waals surface area contributed by atoms with Gasteiger partial charge in [-0.1, -0.05) is 11.8 Å². The van der Waals surface area contributed by atoms with E-state index in [9.17, 15) is 9.59 Å². The summed E-state index contributed by atoms with van der Waals surface area (Å²) in [5, 5.41) is 1.77. The zero-order valence-corrected chi connectivity index (χ0v) is 12.7. The number of esters is 1. The summed E-state index contributed by atoms with van der Waals surface area (Å²) in [7, 11) is 0. The van der Waals surface area contributed by atoms with Gasteiger partial charge >= 0.3 is 5.97 Å². The molecule has 0 aromatic carbocycles. The number of amides is 1. The van der Waals surface area contributed by atoms with E-state index in [0.29, 0.717) is 25.1 Å². The zero-order chi connectivity index (χ0) is 15.2. The van der Waals surface area contributed by atoms with E-state index in [0.717, 1.165) is 11.3 Å². The molecule has 1 atom stereocenters. The monoisotopic (exact) mass is 306 g/mol. The lowest BCUT2D eigenvalue weighted by molar-refractivity contribution is -0.147. The highest BCUT2D eigenvalue weighted by atomic mass is 32.1. The topological polar surface area (TPSA) is 72.6 Å². The van der Waals surface area contributed by atoms with Gasteiger partial charge < -0.3 is 15.4 Å². The maximum atomic E-state index is 12.5. The zero-order valence-electron chi connectivity index (χ0n) is 11.9. The number of ether oxygens (including phenoxy) is 1. The van der Waals surface area contributed by atoms with Gasteiger partial charge in [-0.05, 0) is 25.8 Å². The van der Waals surface area contributed by atoms with Gasteiger partial charge in [-0.25, -0.2) is 4.79 Å². The third kappa shape index (κ3) is 3.63. The molecule has 1 aromatic heterocycles. The summed E-state index contributed by atoms with van der Waals surface area (Å²) in [4.78, 5) is 26.8. The van der Waals surface area contributed by atoms with E-state index in [1.165, 1.54) is 11.3 Å². The molecule has 0 aliphatic carbocycles. The number of nitrogens with two attached hydrogens (primary N) is 1. The van der Waals surface area contributed by atoms with Crippen molar-refractivity contribution in [3.05, 3.63) is 21.9 Å². The van der Waals surface area contributed by atoms with E-state index in [-0.39, 0.29) is 18.4 Å². The Hall–Kier alpha value is -1.84. The molecule has 1 saturated heterocycles. The molecular weight excluding hydrogens is 288 g/mol.